The number of ketones is 1. The molecule has 8 heteroatoms. The van der Waals surface area contributed by atoms with Crippen LogP contribution in [0.1, 0.15) is 42.2 Å². The van der Waals surface area contributed by atoms with Crippen LogP contribution in [0.5, 0.6) is 11.5 Å². The topological polar surface area (TPSA) is 92.8 Å². The molecule has 0 aliphatic heterocycles. The Kier molecular flexibility index (Phi) is 5.26. The van der Waals surface area contributed by atoms with Crippen LogP contribution in [0.2, 0.25) is 5.02 Å². The molecule has 0 radical (unpaired) electrons. The summed E-state index contributed by atoms with van der Waals surface area (Å²) in [6, 6.07) is 14.3. The van der Waals surface area contributed by atoms with E-state index in [2.05, 4.69) is 15.1 Å². The lowest BCUT2D eigenvalue weighted by Crippen LogP contribution is -2.19. The maximum atomic E-state index is 13.5. The summed E-state index contributed by atoms with van der Waals surface area (Å²) in [6.07, 6.45) is 3.92. The minimum absolute atomic E-state index is 0.00959. The first-order valence-corrected chi connectivity index (χ1v) is 11.0. The zero-order chi connectivity index (χ0) is 23.1. The minimum atomic E-state index is -0.274. The van der Waals surface area contributed by atoms with Crippen molar-refractivity contribution in [1.82, 2.24) is 19.7 Å². The lowest BCUT2D eigenvalue weighted by Gasteiger charge is -2.09. The van der Waals surface area contributed by atoms with E-state index in [1.807, 2.05) is 44.2 Å². The predicted octanol–water partition coefficient (Wildman–Crippen LogP) is 5.85. The summed E-state index contributed by atoms with van der Waals surface area (Å²) in [4.78, 5) is 33.7. The molecule has 0 spiro atoms. The number of carbonyl (C=O) groups excluding carboxylic acids is 1. The normalized spacial score (nSPS) is 12.3. The fourth-order valence-corrected chi connectivity index (χ4v) is 4.12. The molecule has 0 saturated carbocycles. The molecule has 3 heterocycles. The number of fused-ring (bicyclic) bond motifs is 3. The van der Waals surface area contributed by atoms with E-state index in [4.69, 9.17) is 16.3 Å². The van der Waals surface area contributed by atoms with Crippen molar-refractivity contribution in [2.75, 3.05) is 0 Å². The van der Waals surface area contributed by atoms with Crippen molar-refractivity contribution < 1.29 is 9.53 Å². The Balaban J connectivity index is 1.57. The highest BCUT2D eigenvalue weighted by Gasteiger charge is 2.22. The first-order chi connectivity index (χ1) is 16.0. The second-order valence-electron chi connectivity index (χ2n) is 7.90. The number of aromatic nitrogens is 4. The molecule has 2 aromatic carbocycles. The molecule has 166 valence electrons. The van der Waals surface area contributed by atoms with E-state index in [0.717, 1.165) is 6.42 Å². The second-order valence-corrected chi connectivity index (χ2v) is 8.31. The molecule has 5 rings (SSSR count). The van der Waals surface area contributed by atoms with Crippen molar-refractivity contribution in [2.45, 2.75) is 26.3 Å². The number of nitrogens with one attached hydrogen (secondary N) is 2. The molecule has 0 bridgehead atoms. The largest absolute Gasteiger partial charge is 0.457 e. The molecule has 33 heavy (non-hydrogen) atoms. The molecule has 0 fully saturated rings. The van der Waals surface area contributed by atoms with Crippen LogP contribution in [-0.2, 0) is 0 Å². The van der Waals surface area contributed by atoms with Crippen molar-refractivity contribution in [3.63, 3.8) is 0 Å². The molecule has 3 aromatic heterocycles. The summed E-state index contributed by atoms with van der Waals surface area (Å²) in [6.45, 7) is 3.97. The summed E-state index contributed by atoms with van der Waals surface area (Å²) in [5.41, 5.74) is 1.66. The van der Waals surface area contributed by atoms with Crippen LogP contribution in [-0.4, -0.2) is 25.5 Å². The predicted molar refractivity (Wildman–Crippen MR) is 129 cm³/mol. The van der Waals surface area contributed by atoms with Crippen LogP contribution in [0, 0.1) is 0 Å². The monoisotopic (exact) mass is 460 g/mol. The van der Waals surface area contributed by atoms with Gasteiger partial charge in [0.15, 0.2) is 5.78 Å². The average Bonchev–Trinajstić information content (AvgIpc) is 3.40. The van der Waals surface area contributed by atoms with Gasteiger partial charge in [0, 0.05) is 24.0 Å². The fraction of sp³-hybridized carbons (Fsp3) is 0.160. The maximum absolute atomic E-state index is 13.5. The second kappa shape index (κ2) is 8.26. The zero-order valence-electron chi connectivity index (χ0n) is 18.1. The number of rotatable bonds is 6. The summed E-state index contributed by atoms with van der Waals surface area (Å²) in [7, 11) is 0. The van der Waals surface area contributed by atoms with Gasteiger partial charge in [-0.2, -0.15) is 0 Å². The van der Waals surface area contributed by atoms with Gasteiger partial charge in [0.1, 0.15) is 17.1 Å². The number of H-pyrrole nitrogens is 2. The molecule has 1 unspecified atom stereocenters. The maximum Gasteiger partial charge on any atom is 0.276 e. The third-order valence-corrected chi connectivity index (χ3v) is 6.14. The molecule has 7 nitrogen and oxygen atoms in total. The highest BCUT2D eigenvalue weighted by atomic mass is 35.5. The van der Waals surface area contributed by atoms with Gasteiger partial charge in [0.2, 0.25) is 0 Å². The standard InChI is InChI=1S/C25H21ClN4O3/c1-3-14(2)30-25(32)19-13-28-24-21(22(19)29-30)18(12-27-24)23(31)17-10-9-16(11-20(17)26)33-15-7-5-4-6-8-15/h4-14,29H,3H2,1-2H3,(H,27,28). The number of carbonyl (C=O) groups is 1. The quantitative estimate of drug-likeness (QED) is 0.311. The van der Waals surface area contributed by atoms with Gasteiger partial charge >= 0.3 is 0 Å². The number of pyridine rings is 1. The molecule has 2 N–H and O–H groups in total. The van der Waals surface area contributed by atoms with Gasteiger partial charge in [0.05, 0.1) is 32.9 Å². The Morgan fingerprint density at radius 1 is 1.15 bits per heavy atom. The van der Waals surface area contributed by atoms with Gasteiger partial charge in [-0.15, -0.1) is 0 Å². The van der Waals surface area contributed by atoms with E-state index < -0.39 is 0 Å². The van der Waals surface area contributed by atoms with Crippen molar-refractivity contribution in [2.24, 2.45) is 0 Å². The number of aromatic amines is 2. The summed E-state index contributed by atoms with van der Waals surface area (Å²) in [5, 5.41) is 4.46. The van der Waals surface area contributed by atoms with E-state index in [1.165, 1.54) is 6.20 Å². The van der Waals surface area contributed by atoms with Crippen molar-refractivity contribution in [1.29, 1.82) is 0 Å². The van der Waals surface area contributed by atoms with E-state index in [-0.39, 0.29) is 22.4 Å². The molecule has 5 aromatic rings. The number of hydrogen-bond acceptors (Lipinski definition) is 4. The number of nitrogens with zero attached hydrogens (tertiary/aromatic N) is 2. The summed E-state index contributed by atoms with van der Waals surface area (Å²) in [5.74, 6) is 0.928. The van der Waals surface area contributed by atoms with Crippen LogP contribution < -0.4 is 10.3 Å². The average molecular weight is 461 g/mol. The van der Waals surface area contributed by atoms with Crippen molar-refractivity contribution >= 4 is 39.3 Å². The molecule has 0 aliphatic rings. The van der Waals surface area contributed by atoms with Gasteiger partial charge in [-0.1, -0.05) is 36.7 Å². The Hall–Kier alpha value is -3.84. The van der Waals surface area contributed by atoms with Gasteiger partial charge in [0.25, 0.3) is 5.56 Å². The van der Waals surface area contributed by atoms with Gasteiger partial charge < -0.3 is 9.72 Å². The van der Waals surface area contributed by atoms with Crippen LogP contribution in [0.3, 0.4) is 0 Å². The molecular weight excluding hydrogens is 440 g/mol. The Morgan fingerprint density at radius 3 is 2.67 bits per heavy atom. The number of ether oxygens (including phenoxy) is 1. The Labute approximate surface area is 194 Å². The summed E-state index contributed by atoms with van der Waals surface area (Å²) >= 11 is 6.48. The van der Waals surface area contributed by atoms with E-state index >= 15 is 0 Å². The van der Waals surface area contributed by atoms with Crippen LogP contribution >= 0.6 is 11.6 Å². The zero-order valence-corrected chi connectivity index (χ0v) is 18.8. The summed E-state index contributed by atoms with van der Waals surface area (Å²) < 4.78 is 7.39. The van der Waals surface area contributed by atoms with Crippen molar-refractivity contribution in [3.8, 4) is 11.5 Å². The van der Waals surface area contributed by atoms with Crippen molar-refractivity contribution in [3.05, 3.63) is 87.4 Å². The molecule has 1 atom stereocenters. The van der Waals surface area contributed by atoms with Crippen LogP contribution in [0.25, 0.3) is 21.9 Å². The Bertz CT molecular complexity index is 1550. The SMILES string of the molecule is CCC(C)n1[nH]c2c(cnc3[nH]cc(C(=O)c4ccc(Oc5ccccc5)cc4Cl)c32)c1=O. The first-order valence-electron chi connectivity index (χ1n) is 10.7. The van der Waals surface area contributed by atoms with Crippen LogP contribution in [0.15, 0.2) is 65.7 Å². The Morgan fingerprint density at radius 2 is 1.94 bits per heavy atom. The number of benzene rings is 2. The van der Waals surface area contributed by atoms with Gasteiger partial charge in [-0.05, 0) is 37.6 Å². The fourth-order valence-electron chi connectivity index (χ4n) is 3.86. The van der Waals surface area contributed by atoms with E-state index in [0.29, 0.717) is 44.6 Å². The highest BCUT2D eigenvalue weighted by molar-refractivity contribution is 6.36. The van der Waals surface area contributed by atoms with Crippen LogP contribution in [0.4, 0.5) is 0 Å². The highest BCUT2D eigenvalue weighted by Crippen LogP contribution is 2.31. The third kappa shape index (κ3) is 3.60. The molecule has 0 aliphatic carbocycles. The van der Waals surface area contributed by atoms with Gasteiger partial charge in [-0.3, -0.25) is 14.7 Å². The van der Waals surface area contributed by atoms with Gasteiger partial charge in [-0.25, -0.2) is 9.67 Å². The molecular formula is C25H21ClN4O3. The molecule has 0 saturated heterocycles. The number of para-hydroxylation sites is 1. The number of hydrogen-bond donors (Lipinski definition) is 2. The number of halogens is 1. The van der Waals surface area contributed by atoms with E-state index in [1.54, 1.807) is 29.1 Å². The lowest BCUT2D eigenvalue weighted by molar-refractivity contribution is 0.104. The smallest absolute Gasteiger partial charge is 0.276 e. The van der Waals surface area contributed by atoms with E-state index in [9.17, 15) is 9.59 Å². The minimum Gasteiger partial charge on any atom is -0.457 e. The first kappa shape index (κ1) is 21.0. The third-order valence-electron chi connectivity index (χ3n) is 5.82. The molecule has 0 amide bonds. The lowest BCUT2D eigenvalue weighted by atomic mass is 10.0.